The van der Waals surface area contributed by atoms with Crippen molar-refractivity contribution in [2.24, 2.45) is 0 Å². The molecule has 2 aromatic rings. The fourth-order valence-electron chi connectivity index (χ4n) is 2.47. The number of carbonyl (C=O) groups excluding carboxylic acids is 1. The highest BCUT2D eigenvalue weighted by molar-refractivity contribution is 8.00. The molecule has 1 atom stereocenters. The normalized spacial score (nSPS) is 16.5. The molecule has 0 bridgehead atoms. The molecule has 3 rings (SSSR count). The summed E-state index contributed by atoms with van der Waals surface area (Å²) >= 11 is 7.55. The van der Waals surface area contributed by atoms with E-state index in [-0.39, 0.29) is 17.0 Å². The number of fused-ring (bicyclic) bond motifs is 1. The number of methoxy groups -OCH3 is 1. The van der Waals surface area contributed by atoms with Gasteiger partial charge in [0.2, 0.25) is 5.91 Å². The van der Waals surface area contributed by atoms with Gasteiger partial charge in [0.05, 0.1) is 12.8 Å². The highest BCUT2D eigenvalue weighted by Gasteiger charge is 2.35. The van der Waals surface area contributed by atoms with Crippen molar-refractivity contribution in [3.8, 4) is 11.5 Å². The van der Waals surface area contributed by atoms with Gasteiger partial charge in [0.1, 0.15) is 16.9 Å². The van der Waals surface area contributed by atoms with Crippen LogP contribution in [0, 0.1) is 0 Å². The van der Waals surface area contributed by atoms with E-state index in [4.69, 9.17) is 16.3 Å². The Morgan fingerprint density at radius 1 is 1.32 bits per heavy atom. The molecular weight excluding hydrogens is 322 g/mol. The molecule has 0 spiro atoms. The second kappa shape index (κ2) is 5.74. The largest absolute Gasteiger partial charge is 0.508 e. The number of benzene rings is 2. The molecule has 0 aliphatic carbocycles. The van der Waals surface area contributed by atoms with Crippen LogP contribution in [0.2, 0.25) is 5.02 Å². The highest BCUT2D eigenvalue weighted by Crippen LogP contribution is 2.53. The molecule has 4 nitrogen and oxygen atoms in total. The lowest BCUT2D eigenvalue weighted by Gasteiger charge is -2.24. The lowest BCUT2D eigenvalue weighted by atomic mass is 10.1. The lowest BCUT2D eigenvalue weighted by molar-refractivity contribution is -0.116. The number of aromatic hydroxyl groups is 1. The van der Waals surface area contributed by atoms with Crippen molar-refractivity contribution in [2.75, 3.05) is 12.0 Å². The number of phenols is 1. The fourth-order valence-corrected chi connectivity index (χ4v) is 3.99. The molecule has 2 aromatic carbocycles. The molecule has 1 N–H and O–H groups in total. The molecule has 0 radical (unpaired) electrons. The molecule has 1 aliphatic heterocycles. The molecule has 6 heteroatoms. The number of anilines is 1. The second-order valence-electron chi connectivity index (χ2n) is 4.90. The van der Waals surface area contributed by atoms with Crippen LogP contribution in [0.3, 0.4) is 0 Å². The highest BCUT2D eigenvalue weighted by atomic mass is 35.5. The third kappa shape index (κ3) is 2.51. The predicted octanol–water partition coefficient (Wildman–Crippen LogP) is 4.21. The van der Waals surface area contributed by atoms with Crippen LogP contribution in [-0.4, -0.2) is 18.1 Å². The standard InChI is InChI=1S/C16H14ClNO3S/c1-9(19)18-13-7-10(17)3-6-15(13)22-16(18)12-8-11(21-2)4-5-14(12)20/h3-8,16,20H,1-2H3. The summed E-state index contributed by atoms with van der Waals surface area (Å²) in [6.07, 6.45) is 0. The summed E-state index contributed by atoms with van der Waals surface area (Å²) in [5, 5.41) is 10.4. The predicted molar refractivity (Wildman–Crippen MR) is 87.9 cm³/mol. The Hall–Kier alpha value is -1.85. The maximum Gasteiger partial charge on any atom is 0.225 e. The average molecular weight is 336 g/mol. The Kier molecular flexibility index (Phi) is 3.93. The molecule has 1 amide bonds. The van der Waals surface area contributed by atoms with Crippen molar-refractivity contribution in [1.82, 2.24) is 0 Å². The number of nitrogens with zero attached hydrogens (tertiary/aromatic N) is 1. The van der Waals surface area contributed by atoms with Gasteiger partial charge >= 0.3 is 0 Å². The van der Waals surface area contributed by atoms with Gasteiger partial charge in [0, 0.05) is 22.4 Å². The van der Waals surface area contributed by atoms with Crippen molar-refractivity contribution in [3.63, 3.8) is 0 Å². The minimum absolute atomic E-state index is 0.110. The molecular formula is C16H14ClNO3S. The first-order chi connectivity index (χ1) is 10.5. The summed E-state index contributed by atoms with van der Waals surface area (Å²) in [6, 6.07) is 10.4. The van der Waals surface area contributed by atoms with Gasteiger partial charge < -0.3 is 9.84 Å². The number of amides is 1. The summed E-state index contributed by atoms with van der Waals surface area (Å²) in [5.74, 6) is 0.648. The van der Waals surface area contributed by atoms with Gasteiger partial charge in [-0.25, -0.2) is 0 Å². The van der Waals surface area contributed by atoms with Crippen molar-refractivity contribution in [1.29, 1.82) is 0 Å². The van der Waals surface area contributed by atoms with Gasteiger partial charge in [-0.15, -0.1) is 0 Å². The van der Waals surface area contributed by atoms with E-state index in [1.165, 1.54) is 18.7 Å². The Balaban J connectivity index is 2.10. The van der Waals surface area contributed by atoms with Crippen LogP contribution < -0.4 is 9.64 Å². The van der Waals surface area contributed by atoms with E-state index in [9.17, 15) is 9.90 Å². The summed E-state index contributed by atoms with van der Waals surface area (Å²) in [7, 11) is 1.56. The van der Waals surface area contributed by atoms with Crippen LogP contribution in [0.4, 0.5) is 5.69 Å². The van der Waals surface area contributed by atoms with E-state index in [0.29, 0.717) is 16.3 Å². The third-order valence-corrected chi connectivity index (χ3v) is 5.02. The summed E-state index contributed by atoms with van der Waals surface area (Å²) in [4.78, 5) is 14.7. The zero-order valence-electron chi connectivity index (χ0n) is 12.0. The lowest BCUT2D eigenvalue weighted by Crippen LogP contribution is -2.28. The number of halogens is 1. The van der Waals surface area contributed by atoms with Crippen molar-refractivity contribution in [2.45, 2.75) is 17.2 Å². The molecule has 0 fully saturated rings. The van der Waals surface area contributed by atoms with Gasteiger partial charge in [-0.1, -0.05) is 23.4 Å². The van der Waals surface area contributed by atoms with E-state index in [0.717, 1.165) is 10.6 Å². The summed E-state index contributed by atoms with van der Waals surface area (Å²) < 4.78 is 5.22. The Morgan fingerprint density at radius 3 is 2.77 bits per heavy atom. The first kappa shape index (κ1) is 15.1. The van der Waals surface area contributed by atoms with Gasteiger partial charge in [-0.05, 0) is 36.4 Å². The molecule has 1 heterocycles. The van der Waals surface area contributed by atoms with E-state index >= 15 is 0 Å². The maximum atomic E-state index is 12.1. The van der Waals surface area contributed by atoms with E-state index < -0.39 is 0 Å². The van der Waals surface area contributed by atoms with Crippen LogP contribution in [0.5, 0.6) is 11.5 Å². The molecule has 0 saturated carbocycles. The molecule has 0 saturated heterocycles. The van der Waals surface area contributed by atoms with Crippen LogP contribution in [-0.2, 0) is 4.79 Å². The topological polar surface area (TPSA) is 49.8 Å². The van der Waals surface area contributed by atoms with Crippen molar-refractivity contribution in [3.05, 3.63) is 47.0 Å². The van der Waals surface area contributed by atoms with Crippen LogP contribution in [0.15, 0.2) is 41.3 Å². The fraction of sp³-hybridized carbons (Fsp3) is 0.188. The number of phenolic OH excluding ortho intramolecular Hbond substituents is 1. The minimum Gasteiger partial charge on any atom is -0.508 e. The molecule has 1 aliphatic rings. The van der Waals surface area contributed by atoms with Gasteiger partial charge in [0.25, 0.3) is 0 Å². The van der Waals surface area contributed by atoms with E-state index in [1.807, 2.05) is 6.07 Å². The number of rotatable bonds is 2. The number of thioether (sulfide) groups is 1. The number of ether oxygens (including phenoxy) is 1. The Bertz CT molecular complexity index is 750. The summed E-state index contributed by atoms with van der Waals surface area (Å²) in [6.45, 7) is 1.50. The second-order valence-corrected chi connectivity index (χ2v) is 6.45. The molecule has 22 heavy (non-hydrogen) atoms. The average Bonchev–Trinajstić information content (AvgIpc) is 2.86. The van der Waals surface area contributed by atoms with E-state index in [1.54, 1.807) is 42.3 Å². The third-order valence-electron chi connectivity index (χ3n) is 3.49. The number of hydrogen-bond acceptors (Lipinski definition) is 4. The van der Waals surface area contributed by atoms with Gasteiger partial charge in [-0.3, -0.25) is 9.69 Å². The maximum absolute atomic E-state index is 12.1. The van der Waals surface area contributed by atoms with Crippen LogP contribution in [0.1, 0.15) is 17.9 Å². The molecule has 114 valence electrons. The zero-order chi connectivity index (χ0) is 15.9. The zero-order valence-corrected chi connectivity index (χ0v) is 13.6. The number of carbonyl (C=O) groups is 1. The van der Waals surface area contributed by atoms with Crippen LogP contribution in [0.25, 0.3) is 0 Å². The van der Waals surface area contributed by atoms with Crippen molar-refractivity contribution >= 4 is 35.0 Å². The van der Waals surface area contributed by atoms with Crippen LogP contribution >= 0.6 is 23.4 Å². The smallest absolute Gasteiger partial charge is 0.225 e. The van der Waals surface area contributed by atoms with Gasteiger partial charge in [0.15, 0.2) is 0 Å². The molecule has 0 aromatic heterocycles. The first-order valence-corrected chi connectivity index (χ1v) is 7.90. The first-order valence-electron chi connectivity index (χ1n) is 6.64. The monoisotopic (exact) mass is 335 g/mol. The van der Waals surface area contributed by atoms with Crippen molar-refractivity contribution < 1.29 is 14.6 Å². The summed E-state index contributed by atoms with van der Waals surface area (Å²) in [5.41, 5.74) is 1.39. The molecule has 1 unspecified atom stereocenters. The SMILES string of the molecule is COc1ccc(O)c(C2Sc3ccc(Cl)cc3N2C(C)=O)c1. The Morgan fingerprint density at radius 2 is 2.09 bits per heavy atom. The number of hydrogen-bond donors (Lipinski definition) is 1. The quantitative estimate of drug-likeness (QED) is 0.893. The van der Waals surface area contributed by atoms with Gasteiger partial charge in [-0.2, -0.15) is 0 Å². The Labute approximate surface area is 137 Å². The van der Waals surface area contributed by atoms with E-state index in [2.05, 4.69) is 0 Å². The minimum atomic E-state index is -0.346.